The second-order valence-corrected chi connectivity index (χ2v) is 3.49. The maximum absolute atomic E-state index is 13.5. The van der Waals surface area contributed by atoms with E-state index >= 15 is 0 Å². The van der Waals surface area contributed by atoms with Gasteiger partial charge >= 0.3 is 0 Å². The van der Waals surface area contributed by atoms with Crippen LogP contribution < -0.4 is 5.56 Å². The lowest BCUT2D eigenvalue weighted by Crippen LogP contribution is -2.12. The first-order valence-electron chi connectivity index (χ1n) is 5.05. The molecule has 1 aromatic heterocycles. The topological polar surface area (TPSA) is 55.0 Å². The summed E-state index contributed by atoms with van der Waals surface area (Å²) in [6, 6.07) is 7.44. The summed E-state index contributed by atoms with van der Waals surface area (Å²) in [6.07, 6.45) is 0. The molecular weight excluding hydrogens is 223 g/mol. The van der Waals surface area contributed by atoms with Gasteiger partial charge in [-0.1, -0.05) is 12.1 Å². The number of aromatic amines is 1. The highest BCUT2D eigenvalue weighted by atomic mass is 19.1. The second kappa shape index (κ2) is 4.88. The van der Waals surface area contributed by atoms with Crippen molar-refractivity contribution in [2.45, 2.75) is 6.61 Å². The summed E-state index contributed by atoms with van der Waals surface area (Å²) in [4.78, 5) is 18.1. The minimum absolute atomic E-state index is 0.178. The van der Waals surface area contributed by atoms with E-state index in [4.69, 9.17) is 4.74 Å². The molecule has 0 atom stereocenters. The highest BCUT2D eigenvalue weighted by Crippen LogP contribution is 2.18. The molecule has 0 fully saturated rings. The van der Waals surface area contributed by atoms with E-state index in [1.54, 1.807) is 18.2 Å². The van der Waals surface area contributed by atoms with Gasteiger partial charge < -0.3 is 9.72 Å². The summed E-state index contributed by atoms with van der Waals surface area (Å²) in [5, 5.41) is 0. The van der Waals surface area contributed by atoms with Crippen molar-refractivity contribution in [1.29, 1.82) is 0 Å². The Morgan fingerprint density at radius 1 is 1.41 bits per heavy atom. The van der Waals surface area contributed by atoms with Crippen molar-refractivity contribution >= 4 is 0 Å². The minimum Gasteiger partial charge on any atom is -0.377 e. The zero-order valence-corrected chi connectivity index (χ0v) is 9.24. The molecule has 1 N–H and O–H groups in total. The molecule has 88 valence electrons. The van der Waals surface area contributed by atoms with Gasteiger partial charge in [0.2, 0.25) is 0 Å². The summed E-state index contributed by atoms with van der Waals surface area (Å²) in [5.74, 6) is -0.0350. The van der Waals surface area contributed by atoms with Gasteiger partial charge in [0.05, 0.1) is 5.69 Å². The number of hydrogen-bond donors (Lipinski definition) is 1. The molecule has 1 heterocycles. The van der Waals surface area contributed by atoms with Crippen LogP contribution in [0.2, 0.25) is 0 Å². The van der Waals surface area contributed by atoms with Crippen LogP contribution in [0.5, 0.6) is 0 Å². The van der Waals surface area contributed by atoms with Crippen LogP contribution in [0, 0.1) is 5.82 Å². The molecule has 0 aliphatic carbocycles. The number of H-pyrrole nitrogens is 1. The molecule has 17 heavy (non-hydrogen) atoms. The number of benzene rings is 1. The predicted octanol–water partition coefficient (Wildman–Crippen LogP) is 1.72. The van der Waals surface area contributed by atoms with Gasteiger partial charge in [-0.15, -0.1) is 0 Å². The van der Waals surface area contributed by atoms with Crippen molar-refractivity contribution in [2.75, 3.05) is 7.11 Å². The lowest BCUT2D eigenvalue weighted by atomic mass is 10.1. The fourth-order valence-electron chi connectivity index (χ4n) is 1.52. The molecular formula is C12H11FN2O2. The van der Waals surface area contributed by atoms with Crippen LogP contribution in [0.3, 0.4) is 0 Å². The standard InChI is InChI=1S/C12H11FN2O2/c1-17-7-11-14-10(6-12(16)15-11)8-4-2-3-5-9(8)13/h2-6H,7H2,1H3,(H,14,15,16). The number of nitrogens with zero attached hydrogens (tertiary/aromatic N) is 1. The Morgan fingerprint density at radius 3 is 2.88 bits per heavy atom. The molecule has 2 aromatic rings. The highest BCUT2D eigenvalue weighted by Gasteiger charge is 2.07. The maximum Gasteiger partial charge on any atom is 0.251 e. The Balaban J connectivity index is 2.52. The average Bonchev–Trinajstić information content (AvgIpc) is 2.29. The summed E-state index contributed by atoms with van der Waals surface area (Å²) in [5.41, 5.74) is 0.278. The predicted molar refractivity (Wildman–Crippen MR) is 61.0 cm³/mol. The second-order valence-electron chi connectivity index (χ2n) is 3.49. The van der Waals surface area contributed by atoms with Crippen molar-refractivity contribution in [3.8, 4) is 11.3 Å². The molecule has 0 radical (unpaired) electrons. The zero-order valence-electron chi connectivity index (χ0n) is 9.24. The number of rotatable bonds is 3. The summed E-state index contributed by atoms with van der Waals surface area (Å²) < 4.78 is 18.4. The number of ether oxygens (including phenoxy) is 1. The van der Waals surface area contributed by atoms with E-state index in [2.05, 4.69) is 9.97 Å². The molecule has 0 aliphatic rings. The van der Waals surface area contributed by atoms with E-state index in [1.165, 1.54) is 19.2 Å². The quantitative estimate of drug-likeness (QED) is 0.879. The van der Waals surface area contributed by atoms with Crippen molar-refractivity contribution in [2.24, 2.45) is 0 Å². The van der Waals surface area contributed by atoms with Gasteiger partial charge in [-0.05, 0) is 12.1 Å². The first kappa shape index (κ1) is 11.5. The Kier molecular flexibility index (Phi) is 3.30. The van der Waals surface area contributed by atoms with Gasteiger partial charge in [0.25, 0.3) is 5.56 Å². The van der Waals surface area contributed by atoms with Crippen molar-refractivity contribution in [3.63, 3.8) is 0 Å². The SMILES string of the molecule is COCc1nc(-c2ccccc2F)cc(=O)[nH]1. The molecule has 1 aromatic carbocycles. The van der Waals surface area contributed by atoms with Crippen molar-refractivity contribution in [1.82, 2.24) is 9.97 Å². The summed E-state index contributed by atoms with van der Waals surface area (Å²) in [6.45, 7) is 0.178. The van der Waals surface area contributed by atoms with Gasteiger partial charge in [0.15, 0.2) is 0 Å². The van der Waals surface area contributed by atoms with Crippen LogP contribution in [0.4, 0.5) is 4.39 Å². The normalized spacial score (nSPS) is 10.5. The lowest BCUT2D eigenvalue weighted by molar-refractivity contribution is 0.177. The third-order valence-electron chi connectivity index (χ3n) is 2.22. The fraction of sp³-hybridized carbons (Fsp3) is 0.167. The van der Waals surface area contributed by atoms with Crippen LogP contribution in [0.15, 0.2) is 35.1 Å². The molecule has 5 heteroatoms. The number of methoxy groups -OCH3 is 1. The van der Waals surface area contributed by atoms with Gasteiger partial charge in [-0.2, -0.15) is 0 Å². The monoisotopic (exact) mass is 234 g/mol. The Hall–Kier alpha value is -2.01. The number of aromatic nitrogens is 2. The minimum atomic E-state index is -0.408. The van der Waals surface area contributed by atoms with Crippen LogP contribution in [-0.2, 0) is 11.3 Å². The van der Waals surface area contributed by atoms with E-state index < -0.39 is 5.82 Å². The largest absolute Gasteiger partial charge is 0.377 e. The molecule has 4 nitrogen and oxygen atoms in total. The summed E-state index contributed by atoms with van der Waals surface area (Å²) >= 11 is 0. The van der Waals surface area contributed by atoms with Crippen LogP contribution in [-0.4, -0.2) is 17.1 Å². The van der Waals surface area contributed by atoms with E-state index in [1.807, 2.05) is 0 Å². The Bertz CT molecular complexity index is 581. The maximum atomic E-state index is 13.5. The highest BCUT2D eigenvalue weighted by molar-refractivity contribution is 5.59. The van der Waals surface area contributed by atoms with Crippen LogP contribution in [0.25, 0.3) is 11.3 Å². The van der Waals surface area contributed by atoms with Gasteiger partial charge in [-0.3, -0.25) is 4.79 Å². The molecule has 0 saturated carbocycles. The average molecular weight is 234 g/mol. The van der Waals surface area contributed by atoms with E-state index in [0.717, 1.165) is 0 Å². The third kappa shape index (κ3) is 2.57. The van der Waals surface area contributed by atoms with Crippen molar-refractivity contribution < 1.29 is 9.13 Å². The molecule has 0 saturated heterocycles. The number of hydrogen-bond acceptors (Lipinski definition) is 3. The zero-order chi connectivity index (χ0) is 12.3. The third-order valence-corrected chi connectivity index (χ3v) is 2.22. The van der Waals surface area contributed by atoms with Crippen molar-refractivity contribution in [3.05, 3.63) is 52.3 Å². The van der Waals surface area contributed by atoms with Gasteiger partial charge in [-0.25, -0.2) is 9.37 Å². The molecule has 0 unspecified atom stereocenters. The first-order valence-corrected chi connectivity index (χ1v) is 5.05. The Labute approximate surface area is 97.1 Å². The number of halogens is 1. The fourth-order valence-corrected chi connectivity index (χ4v) is 1.52. The Morgan fingerprint density at radius 2 is 2.18 bits per heavy atom. The molecule has 0 spiro atoms. The van der Waals surface area contributed by atoms with Gasteiger partial charge in [0.1, 0.15) is 18.2 Å². The lowest BCUT2D eigenvalue weighted by Gasteiger charge is -2.04. The summed E-state index contributed by atoms with van der Waals surface area (Å²) in [7, 11) is 1.50. The first-order chi connectivity index (χ1) is 8.20. The smallest absolute Gasteiger partial charge is 0.251 e. The van der Waals surface area contributed by atoms with Crippen LogP contribution >= 0.6 is 0 Å². The van der Waals surface area contributed by atoms with E-state index in [9.17, 15) is 9.18 Å². The van der Waals surface area contributed by atoms with E-state index in [-0.39, 0.29) is 12.2 Å². The molecule has 0 aliphatic heterocycles. The number of nitrogens with one attached hydrogen (secondary N) is 1. The van der Waals surface area contributed by atoms with Gasteiger partial charge in [0, 0.05) is 18.7 Å². The van der Waals surface area contributed by atoms with E-state index in [0.29, 0.717) is 17.1 Å². The molecule has 0 amide bonds. The molecule has 0 bridgehead atoms. The van der Waals surface area contributed by atoms with Crippen LogP contribution in [0.1, 0.15) is 5.82 Å². The molecule has 2 rings (SSSR count).